The fourth-order valence-corrected chi connectivity index (χ4v) is 3.73. The van der Waals surface area contributed by atoms with Crippen molar-refractivity contribution < 1.29 is 29.0 Å². The van der Waals surface area contributed by atoms with Crippen molar-refractivity contribution in [1.29, 1.82) is 0 Å². The Balaban J connectivity index is 1.56. The number of ether oxygens (including phenoxy) is 2. The molecule has 0 aliphatic carbocycles. The van der Waals surface area contributed by atoms with Crippen LogP contribution in [-0.2, 0) is 14.3 Å². The van der Waals surface area contributed by atoms with E-state index in [-0.39, 0.29) is 30.8 Å². The predicted octanol–water partition coefficient (Wildman–Crippen LogP) is 0.765. The number of likely N-dealkylation sites (tertiary alicyclic amines) is 1. The van der Waals surface area contributed by atoms with Gasteiger partial charge in [-0.2, -0.15) is 0 Å². The van der Waals surface area contributed by atoms with Crippen molar-refractivity contribution in [2.24, 2.45) is 11.3 Å². The number of carboxylic acids is 1. The lowest BCUT2D eigenvalue weighted by molar-refractivity contribution is -0.157. The van der Waals surface area contributed by atoms with Crippen LogP contribution in [0.5, 0.6) is 5.75 Å². The van der Waals surface area contributed by atoms with Crippen LogP contribution in [-0.4, -0.2) is 67.2 Å². The van der Waals surface area contributed by atoms with Crippen molar-refractivity contribution in [1.82, 2.24) is 10.2 Å². The van der Waals surface area contributed by atoms with Crippen LogP contribution in [0, 0.1) is 11.3 Å². The van der Waals surface area contributed by atoms with Crippen LogP contribution in [0.1, 0.15) is 23.7 Å². The van der Waals surface area contributed by atoms with Crippen molar-refractivity contribution >= 4 is 17.8 Å². The van der Waals surface area contributed by atoms with Gasteiger partial charge in [-0.3, -0.25) is 14.4 Å². The van der Waals surface area contributed by atoms with E-state index in [4.69, 9.17) is 9.47 Å². The maximum atomic E-state index is 12.5. The van der Waals surface area contributed by atoms with Crippen molar-refractivity contribution in [2.75, 3.05) is 39.5 Å². The molecule has 2 fully saturated rings. The van der Waals surface area contributed by atoms with Gasteiger partial charge in [0.1, 0.15) is 5.75 Å². The minimum atomic E-state index is -0.937. The molecule has 2 N–H and O–H groups in total. The van der Waals surface area contributed by atoms with Crippen molar-refractivity contribution in [3.8, 4) is 5.75 Å². The standard InChI is InChI=1S/C19H24N2O6/c1-2-27-15-5-3-13(4-6-15)17(23)20-9-16(22)21-10-14-11-26-8-7-19(14,12-21)18(24)25/h3-6,14H,2,7-12H2,1H3,(H,20,23)(H,24,25)/t14-,19+/m0/s1. The molecule has 2 atom stereocenters. The Morgan fingerprint density at radius 1 is 1.33 bits per heavy atom. The first-order valence-corrected chi connectivity index (χ1v) is 9.06. The summed E-state index contributed by atoms with van der Waals surface area (Å²) in [4.78, 5) is 38.0. The Hall–Kier alpha value is -2.61. The average Bonchev–Trinajstić information content (AvgIpc) is 3.08. The van der Waals surface area contributed by atoms with Gasteiger partial charge in [-0.1, -0.05) is 0 Å². The summed E-state index contributed by atoms with van der Waals surface area (Å²) in [6.07, 6.45) is 0.398. The maximum Gasteiger partial charge on any atom is 0.311 e. The second-order valence-electron chi connectivity index (χ2n) is 6.90. The lowest BCUT2D eigenvalue weighted by atomic mass is 9.74. The maximum absolute atomic E-state index is 12.5. The highest BCUT2D eigenvalue weighted by atomic mass is 16.5. The van der Waals surface area contributed by atoms with Crippen molar-refractivity contribution in [3.63, 3.8) is 0 Å². The van der Waals surface area contributed by atoms with Gasteiger partial charge in [-0.15, -0.1) is 0 Å². The quantitative estimate of drug-likeness (QED) is 0.760. The number of aliphatic carboxylic acids is 1. The van der Waals surface area contributed by atoms with Crippen molar-refractivity contribution in [3.05, 3.63) is 29.8 Å². The number of amides is 2. The lowest BCUT2D eigenvalue weighted by Gasteiger charge is -2.33. The third kappa shape index (κ3) is 3.90. The molecule has 3 rings (SSSR count). The largest absolute Gasteiger partial charge is 0.494 e. The van der Waals surface area contributed by atoms with Gasteiger partial charge < -0.3 is 24.8 Å². The van der Waals surface area contributed by atoms with Gasteiger partial charge in [-0.05, 0) is 37.6 Å². The summed E-state index contributed by atoms with van der Waals surface area (Å²) in [5.41, 5.74) is -0.510. The van der Waals surface area contributed by atoms with Gasteiger partial charge in [-0.25, -0.2) is 0 Å². The highest BCUT2D eigenvalue weighted by Crippen LogP contribution is 2.42. The average molecular weight is 376 g/mol. The molecule has 1 aromatic carbocycles. The third-order valence-corrected chi connectivity index (χ3v) is 5.31. The zero-order valence-electron chi connectivity index (χ0n) is 15.3. The molecule has 8 heteroatoms. The van der Waals surface area contributed by atoms with Crippen LogP contribution in [0.15, 0.2) is 24.3 Å². The summed E-state index contributed by atoms with van der Waals surface area (Å²) in [5, 5.41) is 12.3. The number of carboxylic acid groups (broad SMARTS) is 1. The summed E-state index contributed by atoms with van der Waals surface area (Å²) in [6, 6.07) is 6.65. The van der Waals surface area contributed by atoms with Crippen molar-refractivity contribution in [2.45, 2.75) is 13.3 Å². The smallest absolute Gasteiger partial charge is 0.311 e. The molecule has 0 radical (unpaired) electrons. The number of rotatable bonds is 6. The van der Waals surface area contributed by atoms with Crippen LogP contribution < -0.4 is 10.1 Å². The predicted molar refractivity (Wildman–Crippen MR) is 95.5 cm³/mol. The molecule has 8 nitrogen and oxygen atoms in total. The number of nitrogens with zero attached hydrogens (tertiary/aromatic N) is 1. The van der Waals surface area contributed by atoms with Crippen LogP contribution in [0.25, 0.3) is 0 Å². The molecule has 2 amide bonds. The number of nitrogens with one attached hydrogen (secondary N) is 1. The first kappa shape index (κ1) is 19.2. The van der Waals surface area contributed by atoms with E-state index < -0.39 is 11.4 Å². The molecule has 2 aliphatic heterocycles. The normalized spacial score (nSPS) is 24.2. The van der Waals surface area contributed by atoms with E-state index in [1.807, 2.05) is 6.92 Å². The SMILES string of the molecule is CCOc1ccc(C(=O)NCC(=O)N2C[C@H]3COCC[C@@]3(C(=O)O)C2)cc1. The molecular weight excluding hydrogens is 352 g/mol. The first-order valence-electron chi connectivity index (χ1n) is 9.06. The Bertz CT molecular complexity index is 719. The molecule has 0 unspecified atom stereocenters. The van der Waals surface area contributed by atoms with E-state index in [0.29, 0.717) is 44.1 Å². The molecule has 0 spiro atoms. The summed E-state index contributed by atoms with van der Waals surface area (Å²) >= 11 is 0. The van der Waals surface area contributed by atoms with Crippen LogP contribution >= 0.6 is 0 Å². The fourth-order valence-electron chi connectivity index (χ4n) is 3.73. The molecule has 2 aliphatic rings. The van der Waals surface area contributed by atoms with Gasteiger partial charge in [0.2, 0.25) is 5.91 Å². The number of benzene rings is 1. The fraction of sp³-hybridized carbons (Fsp3) is 0.526. The van der Waals surface area contributed by atoms with Gasteiger partial charge >= 0.3 is 5.97 Å². The minimum Gasteiger partial charge on any atom is -0.494 e. The third-order valence-electron chi connectivity index (χ3n) is 5.31. The van der Waals surface area contributed by atoms with Gasteiger partial charge in [0, 0.05) is 31.2 Å². The number of carbonyl (C=O) groups is 3. The molecule has 0 aromatic heterocycles. The summed E-state index contributed by atoms with van der Waals surface area (Å²) in [7, 11) is 0. The van der Waals surface area contributed by atoms with Crippen LogP contribution in [0.4, 0.5) is 0 Å². The minimum absolute atomic E-state index is 0.161. The van der Waals surface area contributed by atoms with Gasteiger partial charge in [0.05, 0.1) is 25.2 Å². The zero-order chi connectivity index (χ0) is 19.4. The van der Waals surface area contributed by atoms with E-state index in [9.17, 15) is 19.5 Å². The number of carbonyl (C=O) groups excluding carboxylic acids is 2. The number of hydrogen-bond donors (Lipinski definition) is 2. The second-order valence-corrected chi connectivity index (χ2v) is 6.90. The highest BCUT2D eigenvalue weighted by molar-refractivity contribution is 5.96. The Labute approximate surface area is 157 Å². The lowest BCUT2D eigenvalue weighted by Crippen LogP contribution is -2.45. The molecule has 0 bridgehead atoms. The van der Waals surface area contributed by atoms with Crippen LogP contribution in [0.3, 0.4) is 0 Å². The molecule has 146 valence electrons. The molecule has 1 aromatic rings. The second kappa shape index (κ2) is 7.96. The van der Waals surface area contributed by atoms with Gasteiger partial charge in [0.25, 0.3) is 5.91 Å². The van der Waals surface area contributed by atoms with Gasteiger partial charge in [0.15, 0.2) is 0 Å². The van der Waals surface area contributed by atoms with E-state index in [0.717, 1.165) is 0 Å². The number of hydrogen-bond acceptors (Lipinski definition) is 5. The topological polar surface area (TPSA) is 105 Å². The van der Waals surface area contributed by atoms with Crippen LogP contribution in [0.2, 0.25) is 0 Å². The zero-order valence-corrected chi connectivity index (χ0v) is 15.3. The molecule has 2 heterocycles. The Morgan fingerprint density at radius 2 is 2.07 bits per heavy atom. The highest BCUT2D eigenvalue weighted by Gasteiger charge is 2.54. The molecular formula is C19H24N2O6. The van der Waals surface area contributed by atoms with E-state index in [2.05, 4.69) is 5.32 Å². The Kier molecular flexibility index (Phi) is 5.65. The monoisotopic (exact) mass is 376 g/mol. The molecule has 27 heavy (non-hydrogen) atoms. The summed E-state index contributed by atoms with van der Waals surface area (Å²) < 4.78 is 10.7. The van der Waals surface area contributed by atoms with E-state index in [1.54, 1.807) is 24.3 Å². The molecule has 2 saturated heterocycles. The van der Waals surface area contributed by atoms with E-state index >= 15 is 0 Å². The first-order chi connectivity index (χ1) is 13.0. The summed E-state index contributed by atoms with van der Waals surface area (Å²) in [5.74, 6) is -1.08. The molecule has 0 saturated carbocycles. The number of fused-ring (bicyclic) bond motifs is 1. The summed E-state index contributed by atoms with van der Waals surface area (Å²) in [6.45, 7) is 3.47. The van der Waals surface area contributed by atoms with E-state index in [1.165, 1.54) is 4.90 Å². The Morgan fingerprint density at radius 3 is 2.70 bits per heavy atom.